The van der Waals surface area contributed by atoms with Gasteiger partial charge in [0.15, 0.2) is 0 Å². The van der Waals surface area contributed by atoms with Crippen LogP contribution in [0.3, 0.4) is 0 Å². The molecule has 1 heterocycles. The molecule has 1 aliphatic rings. The first kappa shape index (κ1) is 31.6. The highest BCUT2D eigenvalue weighted by Crippen LogP contribution is 2.41. The van der Waals surface area contributed by atoms with Gasteiger partial charge in [-0.15, -0.1) is 0 Å². The molecule has 3 heteroatoms. The second-order valence-corrected chi connectivity index (χ2v) is 10.7. The molecule has 3 rings (SSSR count). The van der Waals surface area contributed by atoms with E-state index in [-0.39, 0.29) is 5.60 Å². The standard InChI is InChI=1S/C29H36O2S.2C2H6/c1-18(2)27(32-19(3)4)16-24-10-12-25(13-11-24)30-17-29(9)15-14-26-22(7)20(5)21(6)23(8)28(26)31-29;2*1-2/h10-13,16H,1,3,14-15,17H2,2,4-9H3;2*1-2H3/b27-16-;;. The normalized spacial score (nSPS) is 16.4. The van der Waals surface area contributed by atoms with Gasteiger partial charge in [0.25, 0.3) is 0 Å². The van der Waals surface area contributed by atoms with Crippen molar-refractivity contribution >= 4 is 17.8 Å². The topological polar surface area (TPSA) is 18.5 Å². The van der Waals surface area contributed by atoms with Gasteiger partial charge in [0, 0.05) is 4.91 Å². The lowest BCUT2D eigenvalue weighted by atomic mass is 9.85. The third kappa shape index (κ3) is 8.06. The summed E-state index contributed by atoms with van der Waals surface area (Å²) in [6.07, 6.45) is 4.11. The molecule has 0 saturated heterocycles. The van der Waals surface area contributed by atoms with E-state index in [9.17, 15) is 0 Å². The molecule has 1 unspecified atom stereocenters. The van der Waals surface area contributed by atoms with Gasteiger partial charge in [-0.25, -0.2) is 0 Å². The molecule has 0 radical (unpaired) electrons. The zero-order valence-corrected chi connectivity index (χ0v) is 25.5. The minimum Gasteiger partial charge on any atom is -0.489 e. The van der Waals surface area contributed by atoms with Gasteiger partial charge in [0.1, 0.15) is 23.7 Å². The molecule has 0 aliphatic carbocycles. The van der Waals surface area contributed by atoms with Crippen LogP contribution in [0, 0.1) is 27.7 Å². The Hall–Kier alpha value is -2.39. The molecular weight excluding hydrogens is 460 g/mol. The van der Waals surface area contributed by atoms with Gasteiger partial charge in [-0.2, -0.15) is 0 Å². The lowest BCUT2D eigenvalue weighted by molar-refractivity contribution is 0.0167. The highest BCUT2D eigenvalue weighted by Gasteiger charge is 2.35. The number of fused-ring (bicyclic) bond motifs is 1. The monoisotopic (exact) mass is 508 g/mol. The Kier molecular flexibility index (Phi) is 12.6. The maximum Gasteiger partial charge on any atom is 0.140 e. The Morgan fingerprint density at radius 2 is 1.50 bits per heavy atom. The SMILES string of the molecule is C=C(C)S/C(=C\c1ccc(OCC2(C)CCc3c(C)c(C)c(C)c(C)c3O2)cc1)C(=C)C.CC.CC. The summed E-state index contributed by atoms with van der Waals surface area (Å²) in [4.78, 5) is 2.18. The van der Waals surface area contributed by atoms with Crippen molar-refractivity contribution in [3.63, 3.8) is 0 Å². The van der Waals surface area contributed by atoms with Crippen LogP contribution < -0.4 is 9.47 Å². The number of hydrogen-bond acceptors (Lipinski definition) is 3. The summed E-state index contributed by atoms with van der Waals surface area (Å²) in [6, 6.07) is 8.21. The molecule has 198 valence electrons. The van der Waals surface area contributed by atoms with Crippen molar-refractivity contribution in [2.45, 2.75) is 94.6 Å². The highest BCUT2D eigenvalue weighted by atomic mass is 32.2. The van der Waals surface area contributed by atoms with Gasteiger partial charge in [0.05, 0.1) is 0 Å². The zero-order valence-electron chi connectivity index (χ0n) is 24.6. The first-order valence-electron chi connectivity index (χ1n) is 13.2. The van der Waals surface area contributed by atoms with Crippen molar-refractivity contribution < 1.29 is 9.47 Å². The van der Waals surface area contributed by atoms with E-state index in [0.29, 0.717) is 6.61 Å². The van der Waals surface area contributed by atoms with Crippen molar-refractivity contribution in [3.05, 3.63) is 86.2 Å². The summed E-state index contributed by atoms with van der Waals surface area (Å²) >= 11 is 1.65. The van der Waals surface area contributed by atoms with Crippen LogP contribution in [0.25, 0.3) is 6.08 Å². The molecule has 0 bridgehead atoms. The summed E-state index contributed by atoms with van der Waals surface area (Å²) < 4.78 is 12.8. The minimum absolute atomic E-state index is 0.338. The molecule has 2 aromatic rings. The van der Waals surface area contributed by atoms with Crippen molar-refractivity contribution in [1.82, 2.24) is 0 Å². The van der Waals surface area contributed by atoms with Crippen LogP contribution in [-0.4, -0.2) is 12.2 Å². The fraction of sp³-hybridized carbons (Fsp3) is 0.455. The Balaban J connectivity index is 0.00000154. The van der Waals surface area contributed by atoms with E-state index in [1.54, 1.807) is 11.8 Å². The van der Waals surface area contributed by atoms with Gasteiger partial charge >= 0.3 is 0 Å². The summed E-state index contributed by atoms with van der Waals surface area (Å²) in [5, 5.41) is 0. The van der Waals surface area contributed by atoms with Gasteiger partial charge in [-0.3, -0.25) is 0 Å². The first-order valence-corrected chi connectivity index (χ1v) is 14.0. The fourth-order valence-corrected chi connectivity index (χ4v) is 4.80. The predicted molar refractivity (Wildman–Crippen MR) is 163 cm³/mol. The largest absolute Gasteiger partial charge is 0.489 e. The van der Waals surface area contributed by atoms with Gasteiger partial charge < -0.3 is 9.47 Å². The lowest BCUT2D eigenvalue weighted by Gasteiger charge is -2.38. The molecule has 36 heavy (non-hydrogen) atoms. The van der Waals surface area contributed by atoms with Crippen LogP contribution in [0.1, 0.15) is 88.3 Å². The molecule has 0 N–H and O–H groups in total. The molecule has 0 saturated carbocycles. The van der Waals surface area contributed by atoms with E-state index < -0.39 is 0 Å². The van der Waals surface area contributed by atoms with Crippen LogP contribution in [0.4, 0.5) is 0 Å². The van der Waals surface area contributed by atoms with Gasteiger partial charge in [-0.1, -0.05) is 64.7 Å². The van der Waals surface area contributed by atoms with Gasteiger partial charge in [-0.05, 0) is 123 Å². The lowest BCUT2D eigenvalue weighted by Crippen LogP contribution is -2.42. The quantitative estimate of drug-likeness (QED) is 0.347. The maximum atomic E-state index is 6.57. The number of ether oxygens (including phenoxy) is 2. The molecule has 2 nitrogen and oxygen atoms in total. The molecule has 1 atom stereocenters. The van der Waals surface area contributed by atoms with E-state index in [1.165, 1.54) is 27.8 Å². The maximum absolute atomic E-state index is 6.57. The minimum atomic E-state index is -0.338. The van der Waals surface area contributed by atoms with E-state index in [2.05, 4.69) is 66.0 Å². The molecule has 1 aliphatic heterocycles. The summed E-state index contributed by atoms with van der Waals surface area (Å²) in [5.41, 5.74) is 8.52. The van der Waals surface area contributed by atoms with Gasteiger partial charge in [0.2, 0.25) is 0 Å². The predicted octanol–water partition coefficient (Wildman–Crippen LogP) is 10.3. The third-order valence-electron chi connectivity index (χ3n) is 6.43. The van der Waals surface area contributed by atoms with Crippen molar-refractivity contribution in [3.8, 4) is 11.5 Å². The van der Waals surface area contributed by atoms with E-state index in [0.717, 1.165) is 45.3 Å². The van der Waals surface area contributed by atoms with E-state index in [1.807, 2.05) is 53.7 Å². The number of allylic oxidation sites excluding steroid dienone is 2. The Labute approximate surface area is 225 Å². The highest BCUT2D eigenvalue weighted by molar-refractivity contribution is 8.07. The summed E-state index contributed by atoms with van der Waals surface area (Å²) in [5.74, 6) is 1.92. The number of hydrogen-bond donors (Lipinski definition) is 0. The van der Waals surface area contributed by atoms with E-state index in [4.69, 9.17) is 9.47 Å². The van der Waals surface area contributed by atoms with Crippen LogP contribution in [0.2, 0.25) is 0 Å². The van der Waals surface area contributed by atoms with Crippen molar-refractivity contribution in [1.29, 1.82) is 0 Å². The van der Waals surface area contributed by atoms with Crippen LogP contribution >= 0.6 is 11.8 Å². The molecule has 0 fully saturated rings. The fourth-order valence-electron chi connectivity index (χ4n) is 4.06. The molecular formula is C33H48O2S. The third-order valence-corrected chi connectivity index (χ3v) is 7.47. The Morgan fingerprint density at radius 3 is 2.03 bits per heavy atom. The second kappa shape index (κ2) is 14.4. The summed E-state index contributed by atoms with van der Waals surface area (Å²) in [6.45, 7) is 31.6. The molecule has 0 aromatic heterocycles. The van der Waals surface area contributed by atoms with Crippen LogP contribution in [0.15, 0.2) is 52.8 Å². The number of benzene rings is 2. The average molecular weight is 509 g/mol. The molecule has 2 aromatic carbocycles. The average Bonchev–Trinajstić information content (AvgIpc) is 2.87. The molecule has 0 amide bonds. The van der Waals surface area contributed by atoms with E-state index >= 15 is 0 Å². The summed E-state index contributed by atoms with van der Waals surface area (Å²) in [7, 11) is 0. The Bertz CT molecular complexity index is 1080. The van der Waals surface area contributed by atoms with Crippen LogP contribution in [-0.2, 0) is 6.42 Å². The number of rotatable bonds is 7. The first-order chi connectivity index (χ1) is 17.0. The smallest absolute Gasteiger partial charge is 0.140 e. The van der Waals surface area contributed by atoms with Crippen molar-refractivity contribution in [2.75, 3.05) is 6.61 Å². The molecule has 0 spiro atoms. The number of thioether (sulfide) groups is 1. The van der Waals surface area contributed by atoms with Crippen molar-refractivity contribution in [2.24, 2.45) is 0 Å². The van der Waals surface area contributed by atoms with Crippen LogP contribution in [0.5, 0.6) is 11.5 Å². The zero-order chi connectivity index (χ0) is 27.6. The second-order valence-electron chi connectivity index (χ2n) is 9.31. The Morgan fingerprint density at radius 1 is 0.944 bits per heavy atom.